The van der Waals surface area contributed by atoms with Gasteiger partial charge in [-0.05, 0) is 36.8 Å². The van der Waals surface area contributed by atoms with Crippen LogP contribution in [0.5, 0.6) is 5.75 Å². The fraction of sp³-hybridized carbons (Fsp3) is 0.148. The topological polar surface area (TPSA) is 95.5 Å². The predicted molar refractivity (Wildman–Crippen MR) is 130 cm³/mol. The summed E-state index contributed by atoms with van der Waals surface area (Å²) in [6.07, 6.45) is 0.798. The van der Waals surface area contributed by atoms with Crippen LogP contribution in [-0.4, -0.2) is 33.4 Å². The number of imidazole rings is 1. The van der Waals surface area contributed by atoms with Crippen LogP contribution in [0.3, 0.4) is 0 Å². The Morgan fingerprint density at radius 2 is 1.86 bits per heavy atom. The molecule has 2 heterocycles. The molecule has 1 amide bonds. The summed E-state index contributed by atoms with van der Waals surface area (Å²) in [4.78, 5) is 35.1. The molecule has 0 radical (unpaired) electrons. The van der Waals surface area contributed by atoms with Crippen LogP contribution in [-0.2, 0) is 9.59 Å². The van der Waals surface area contributed by atoms with Gasteiger partial charge in [0.2, 0.25) is 5.95 Å². The molecule has 1 saturated heterocycles. The van der Waals surface area contributed by atoms with Gasteiger partial charge in [-0.1, -0.05) is 49.4 Å². The van der Waals surface area contributed by atoms with E-state index in [0.717, 1.165) is 11.3 Å². The number of nitrogens with zero attached hydrogens (tertiary/aromatic N) is 2. The van der Waals surface area contributed by atoms with Crippen molar-refractivity contribution < 1.29 is 23.8 Å². The normalized spacial score (nSPS) is 17.3. The molecule has 2 N–H and O–H groups in total. The quantitative estimate of drug-likeness (QED) is 0.231. The summed E-state index contributed by atoms with van der Waals surface area (Å²) in [6.45, 7) is 2.45. The average Bonchev–Trinajstić information content (AvgIpc) is 3.41. The van der Waals surface area contributed by atoms with Gasteiger partial charge in [-0.2, -0.15) is 0 Å². The number of ether oxygens (including phenoxy) is 1. The number of rotatable bonds is 6. The maximum absolute atomic E-state index is 15.0. The van der Waals surface area contributed by atoms with E-state index in [4.69, 9.17) is 4.74 Å². The summed E-state index contributed by atoms with van der Waals surface area (Å²) in [6, 6.07) is 18.3. The van der Waals surface area contributed by atoms with Gasteiger partial charge in [-0.3, -0.25) is 14.5 Å². The number of amides is 1. The molecule has 0 saturated carbocycles. The Kier molecular flexibility index (Phi) is 5.78. The molecular formula is C27H22FN3O4. The smallest absolute Gasteiger partial charge is 0.302 e. The van der Waals surface area contributed by atoms with E-state index in [9.17, 15) is 14.7 Å². The second-order valence-electron chi connectivity index (χ2n) is 8.14. The lowest BCUT2D eigenvalue weighted by molar-refractivity contribution is -0.132. The molecule has 0 aliphatic carbocycles. The number of aromatic amines is 1. The third-order valence-corrected chi connectivity index (χ3v) is 5.83. The van der Waals surface area contributed by atoms with Crippen LogP contribution in [0.2, 0.25) is 0 Å². The number of Topliss-reactive ketones (excluding diaryl/α,β-unsaturated/α-hetero) is 1. The highest BCUT2D eigenvalue weighted by Gasteiger charge is 2.49. The minimum absolute atomic E-state index is 0.0621. The number of carbonyl (C=O) groups excluding carboxylic acids is 2. The Morgan fingerprint density at radius 3 is 2.63 bits per heavy atom. The molecule has 4 aromatic rings. The first-order chi connectivity index (χ1) is 17.0. The number of halogens is 1. The minimum Gasteiger partial charge on any atom is -0.507 e. The maximum atomic E-state index is 15.0. The number of benzene rings is 3. The number of hydrogen-bond donors (Lipinski definition) is 2. The number of aliphatic hydroxyl groups excluding tert-OH is 1. The lowest BCUT2D eigenvalue weighted by atomic mass is 9.95. The number of nitrogens with one attached hydrogen (secondary N) is 1. The number of hydrogen-bond acceptors (Lipinski definition) is 5. The van der Waals surface area contributed by atoms with Gasteiger partial charge in [0.1, 0.15) is 23.4 Å². The molecule has 1 aromatic heterocycles. The molecule has 7 nitrogen and oxygen atoms in total. The molecule has 176 valence electrons. The first-order valence-electron chi connectivity index (χ1n) is 11.2. The molecule has 0 spiro atoms. The number of anilines is 1. The van der Waals surface area contributed by atoms with Crippen molar-refractivity contribution in [2.24, 2.45) is 0 Å². The van der Waals surface area contributed by atoms with E-state index in [2.05, 4.69) is 9.97 Å². The first kappa shape index (κ1) is 22.3. The SMILES string of the molecule is CCCOc1cccc(/C(O)=C2\C(=O)C(=O)N(c3nc4ccccc4[nH]3)C2c2ccccc2F)c1. The molecule has 8 heteroatoms. The Bertz CT molecular complexity index is 1440. The van der Waals surface area contributed by atoms with E-state index >= 15 is 4.39 Å². The van der Waals surface area contributed by atoms with E-state index < -0.39 is 29.3 Å². The summed E-state index contributed by atoms with van der Waals surface area (Å²) in [5, 5.41) is 11.3. The first-order valence-corrected chi connectivity index (χ1v) is 11.2. The van der Waals surface area contributed by atoms with Crippen molar-refractivity contribution >= 4 is 34.4 Å². The summed E-state index contributed by atoms with van der Waals surface area (Å²) in [5.41, 5.74) is 1.35. The van der Waals surface area contributed by atoms with E-state index in [-0.39, 0.29) is 22.6 Å². The molecule has 1 atom stereocenters. The number of H-pyrrole nitrogens is 1. The standard InChI is InChI=1S/C27H22FN3O4/c1-2-14-35-17-9-7-8-16(15-17)24(32)22-23(18-10-3-4-11-19(18)28)31(26(34)25(22)33)27-29-20-12-5-6-13-21(20)30-27/h3-13,15,23,32H,2,14H2,1H3,(H,29,30)/b24-22+. The van der Waals surface area contributed by atoms with Gasteiger partial charge < -0.3 is 14.8 Å². The largest absolute Gasteiger partial charge is 0.507 e. The molecule has 1 aliphatic heterocycles. The second-order valence-corrected chi connectivity index (χ2v) is 8.14. The van der Waals surface area contributed by atoms with Crippen molar-refractivity contribution in [3.8, 4) is 5.75 Å². The number of carbonyl (C=O) groups is 2. The van der Waals surface area contributed by atoms with Gasteiger partial charge in [0, 0.05) is 11.1 Å². The highest BCUT2D eigenvalue weighted by atomic mass is 19.1. The van der Waals surface area contributed by atoms with Gasteiger partial charge in [0.15, 0.2) is 0 Å². The molecule has 3 aromatic carbocycles. The molecule has 5 rings (SSSR count). The van der Waals surface area contributed by atoms with Crippen LogP contribution in [0.15, 0.2) is 78.4 Å². The lowest BCUT2D eigenvalue weighted by Gasteiger charge is -2.23. The monoisotopic (exact) mass is 471 g/mol. The van der Waals surface area contributed by atoms with Crippen molar-refractivity contribution in [3.63, 3.8) is 0 Å². The van der Waals surface area contributed by atoms with Gasteiger partial charge in [0.05, 0.1) is 23.2 Å². The van der Waals surface area contributed by atoms with Crippen LogP contribution in [0.25, 0.3) is 16.8 Å². The zero-order chi connectivity index (χ0) is 24.5. The van der Waals surface area contributed by atoms with Gasteiger partial charge in [0.25, 0.3) is 5.78 Å². The number of ketones is 1. The summed E-state index contributed by atoms with van der Waals surface area (Å²) in [5.74, 6) is -2.30. The highest BCUT2D eigenvalue weighted by Crippen LogP contribution is 2.42. The molecule has 1 aliphatic rings. The van der Waals surface area contributed by atoms with Crippen LogP contribution in [0.4, 0.5) is 10.3 Å². The summed E-state index contributed by atoms with van der Waals surface area (Å²) >= 11 is 0. The molecule has 1 unspecified atom stereocenters. The Hall–Kier alpha value is -4.46. The third-order valence-electron chi connectivity index (χ3n) is 5.83. The molecule has 0 bridgehead atoms. The number of fused-ring (bicyclic) bond motifs is 1. The van der Waals surface area contributed by atoms with Gasteiger partial charge >= 0.3 is 5.91 Å². The maximum Gasteiger partial charge on any atom is 0.302 e. The van der Waals surface area contributed by atoms with Crippen molar-refractivity contribution in [3.05, 3.63) is 95.3 Å². The number of para-hydroxylation sites is 2. The Balaban J connectivity index is 1.70. The average molecular weight is 471 g/mol. The fourth-order valence-electron chi connectivity index (χ4n) is 4.20. The van der Waals surface area contributed by atoms with Gasteiger partial charge in [-0.15, -0.1) is 0 Å². The molecular weight excluding hydrogens is 449 g/mol. The van der Waals surface area contributed by atoms with Crippen molar-refractivity contribution in [1.29, 1.82) is 0 Å². The van der Waals surface area contributed by atoms with E-state index in [0.29, 0.717) is 23.4 Å². The number of aliphatic hydroxyl groups is 1. The Labute approximate surface area is 200 Å². The van der Waals surface area contributed by atoms with Crippen LogP contribution < -0.4 is 9.64 Å². The predicted octanol–water partition coefficient (Wildman–Crippen LogP) is 5.12. The molecule has 1 fully saturated rings. The van der Waals surface area contributed by atoms with Crippen molar-refractivity contribution in [1.82, 2.24) is 9.97 Å². The van der Waals surface area contributed by atoms with Gasteiger partial charge in [-0.25, -0.2) is 9.37 Å². The van der Waals surface area contributed by atoms with E-state index in [1.807, 2.05) is 6.92 Å². The lowest BCUT2D eigenvalue weighted by Crippen LogP contribution is -2.30. The van der Waals surface area contributed by atoms with Crippen LogP contribution in [0, 0.1) is 5.82 Å². The summed E-state index contributed by atoms with van der Waals surface area (Å²) in [7, 11) is 0. The van der Waals surface area contributed by atoms with Crippen molar-refractivity contribution in [2.75, 3.05) is 11.5 Å². The van der Waals surface area contributed by atoms with Crippen LogP contribution in [0.1, 0.15) is 30.5 Å². The van der Waals surface area contributed by atoms with E-state index in [1.54, 1.807) is 54.6 Å². The Morgan fingerprint density at radius 1 is 1.09 bits per heavy atom. The van der Waals surface area contributed by atoms with Crippen LogP contribution >= 0.6 is 0 Å². The third kappa shape index (κ3) is 3.93. The zero-order valence-electron chi connectivity index (χ0n) is 18.9. The highest BCUT2D eigenvalue weighted by molar-refractivity contribution is 6.51. The van der Waals surface area contributed by atoms with E-state index in [1.165, 1.54) is 18.2 Å². The number of aromatic nitrogens is 2. The second kappa shape index (κ2) is 9.06. The zero-order valence-corrected chi connectivity index (χ0v) is 18.9. The minimum atomic E-state index is -1.23. The van der Waals surface area contributed by atoms with Crippen molar-refractivity contribution in [2.45, 2.75) is 19.4 Å². The molecule has 35 heavy (non-hydrogen) atoms. The summed E-state index contributed by atoms with van der Waals surface area (Å²) < 4.78 is 20.7. The fourth-order valence-corrected chi connectivity index (χ4v) is 4.20.